The number of hydrogen-bond acceptors (Lipinski definition) is 6. The topological polar surface area (TPSA) is 78.9 Å². The third-order valence-corrected chi connectivity index (χ3v) is 11.3. The van der Waals surface area contributed by atoms with Gasteiger partial charge >= 0.3 is 15.6 Å². The highest BCUT2D eigenvalue weighted by Crippen LogP contribution is 2.41. The molecule has 0 amide bonds. The van der Waals surface area contributed by atoms with Crippen molar-refractivity contribution >= 4 is 24.2 Å². The predicted molar refractivity (Wildman–Crippen MR) is 125 cm³/mol. The number of carbonyl (C=O) groups excluding carboxylic acids is 1. The Labute approximate surface area is 203 Å². The molecule has 0 atom stereocenters. The van der Waals surface area contributed by atoms with E-state index in [-0.39, 0.29) is 45.6 Å². The van der Waals surface area contributed by atoms with Crippen LogP contribution in [0.5, 0.6) is 17.2 Å². The van der Waals surface area contributed by atoms with Crippen molar-refractivity contribution in [2.75, 3.05) is 0 Å². The molecule has 194 valence electrons. The fourth-order valence-electron chi connectivity index (χ4n) is 2.62. The molecule has 0 aliphatic rings. The van der Waals surface area contributed by atoms with Crippen molar-refractivity contribution in [3.05, 3.63) is 52.8 Å². The smallest absolute Gasteiger partial charge is 0.454 e. The number of benzene rings is 2. The molecule has 0 fully saturated rings. The highest BCUT2D eigenvalue weighted by atomic mass is 32.2. The second kappa shape index (κ2) is 9.90. The summed E-state index contributed by atoms with van der Waals surface area (Å²) < 4.78 is 93.3. The first kappa shape index (κ1) is 28.8. The molecule has 0 saturated carbocycles. The number of ketones is 1. The lowest BCUT2D eigenvalue weighted by Gasteiger charge is -2.36. The second-order valence-corrected chi connectivity index (χ2v) is 15.9. The van der Waals surface area contributed by atoms with Crippen molar-refractivity contribution < 1.29 is 44.1 Å². The predicted octanol–water partition coefficient (Wildman–Crippen LogP) is 6.88. The largest absolute Gasteiger partial charge is 0.534 e. The fraction of sp³-hybridized carbons (Fsp3) is 0.435. The van der Waals surface area contributed by atoms with E-state index in [1.165, 1.54) is 38.1 Å². The van der Waals surface area contributed by atoms with Gasteiger partial charge in [-0.25, -0.2) is 4.39 Å². The van der Waals surface area contributed by atoms with Gasteiger partial charge in [0.2, 0.25) is 0 Å². The quantitative estimate of drug-likeness (QED) is 0.120. The number of Topliss-reactive ketones (excluding diaryl/α,β-unsaturated/α-hetero) is 1. The number of halogens is 4. The Bertz CT molecular complexity index is 1220. The average molecular weight is 537 g/mol. The van der Waals surface area contributed by atoms with Gasteiger partial charge in [0.15, 0.2) is 31.4 Å². The van der Waals surface area contributed by atoms with E-state index in [0.29, 0.717) is 0 Å². The Balaban J connectivity index is 2.53. The van der Waals surface area contributed by atoms with Crippen LogP contribution in [0, 0.1) is 12.7 Å². The Morgan fingerprint density at radius 2 is 1.60 bits per heavy atom. The zero-order valence-electron chi connectivity index (χ0n) is 20.5. The molecular formula is C23H28F4O6SSi. The normalized spacial score (nSPS) is 13.0. The van der Waals surface area contributed by atoms with E-state index in [2.05, 4.69) is 4.18 Å². The molecule has 12 heteroatoms. The lowest BCUT2D eigenvalue weighted by molar-refractivity contribution is -0.0500. The summed E-state index contributed by atoms with van der Waals surface area (Å²) in [6, 6.07) is 6.12. The van der Waals surface area contributed by atoms with Gasteiger partial charge in [-0.2, -0.15) is 21.6 Å². The summed E-state index contributed by atoms with van der Waals surface area (Å²) in [5.41, 5.74) is -5.61. The van der Waals surface area contributed by atoms with E-state index in [1.54, 1.807) is 0 Å². The SMILES string of the molecule is CC(=O)c1ccc(Oc2ccc(CO[Si](C)(C)C(C)(C)C)c(OS(=O)(=O)C(F)(F)F)c2C)c(F)c1. The zero-order valence-corrected chi connectivity index (χ0v) is 22.3. The van der Waals surface area contributed by atoms with Crippen LogP contribution in [0.25, 0.3) is 0 Å². The zero-order chi connectivity index (χ0) is 27.0. The second-order valence-electron chi connectivity index (χ2n) is 9.51. The molecule has 0 aromatic heterocycles. The van der Waals surface area contributed by atoms with Crippen molar-refractivity contribution in [3.8, 4) is 17.2 Å². The summed E-state index contributed by atoms with van der Waals surface area (Å²) in [5.74, 6) is -2.31. The summed E-state index contributed by atoms with van der Waals surface area (Å²) in [6.45, 7) is 12.1. The van der Waals surface area contributed by atoms with Gasteiger partial charge in [0, 0.05) is 16.7 Å². The minimum atomic E-state index is -6.00. The van der Waals surface area contributed by atoms with Crippen molar-refractivity contribution in [3.63, 3.8) is 0 Å². The number of ether oxygens (including phenoxy) is 1. The molecule has 2 aromatic rings. The van der Waals surface area contributed by atoms with Gasteiger partial charge in [-0.3, -0.25) is 4.79 Å². The van der Waals surface area contributed by atoms with E-state index in [4.69, 9.17) is 9.16 Å². The summed E-state index contributed by atoms with van der Waals surface area (Å²) in [5, 5.41) is -0.215. The van der Waals surface area contributed by atoms with Crippen LogP contribution >= 0.6 is 0 Å². The first-order valence-electron chi connectivity index (χ1n) is 10.5. The van der Waals surface area contributed by atoms with Crippen molar-refractivity contribution in [2.45, 2.75) is 64.9 Å². The third-order valence-electron chi connectivity index (χ3n) is 5.87. The molecule has 0 aliphatic carbocycles. The van der Waals surface area contributed by atoms with Crippen LogP contribution in [0.3, 0.4) is 0 Å². The molecule has 0 N–H and O–H groups in total. The number of carbonyl (C=O) groups is 1. The minimum absolute atomic E-state index is 0.0555. The maximum Gasteiger partial charge on any atom is 0.534 e. The maximum atomic E-state index is 14.4. The van der Waals surface area contributed by atoms with Crippen LogP contribution in [0.1, 0.15) is 49.2 Å². The maximum absolute atomic E-state index is 14.4. The molecule has 2 rings (SSSR count). The van der Waals surface area contributed by atoms with Gasteiger partial charge in [-0.05, 0) is 62.3 Å². The minimum Gasteiger partial charge on any atom is -0.454 e. The molecule has 0 spiro atoms. The van der Waals surface area contributed by atoms with Crippen LogP contribution in [-0.2, 0) is 21.2 Å². The van der Waals surface area contributed by atoms with Crippen LogP contribution in [0.15, 0.2) is 30.3 Å². The van der Waals surface area contributed by atoms with Gasteiger partial charge in [0.05, 0.1) is 6.61 Å². The van der Waals surface area contributed by atoms with E-state index in [1.807, 2.05) is 33.9 Å². The monoisotopic (exact) mass is 536 g/mol. The third kappa shape index (κ3) is 6.61. The lowest BCUT2D eigenvalue weighted by atomic mass is 10.1. The van der Waals surface area contributed by atoms with E-state index < -0.39 is 35.5 Å². The van der Waals surface area contributed by atoms with Crippen LogP contribution in [-0.4, -0.2) is 28.0 Å². The highest BCUT2D eigenvalue weighted by molar-refractivity contribution is 7.88. The van der Waals surface area contributed by atoms with Gasteiger partial charge in [0.25, 0.3) is 0 Å². The van der Waals surface area contributed by atoms with Crippen LogP contribution in [0.2, 0.25) is 18.1 Å². The Hall–Kier alpha value is -2.44. The van der Waals surface area contributed by atoms with Gasteiger partial charge in [-0.15, -0.1) is 0 Å². The van der Waals surface area contributed by atoms with Gasteiger partial charge in [0.1, 0.15) is 5.75 Å². The molecule has 2 aromatic carbocycles. The van der Waals surface area contributed by atoms with Crippen LogP contribution < -0.4 is 8.92 Å². The Morgan fingerprint density at radius 1 is 1.03 bits per heavy atom. The number of rotatable bonds is 8. The van der Waals surface area contributed by atoms with Crippen molar-refractivity contribution in [1.29, 1.82) is 0 Å². The standard InChI is InChI=1S/C23H28F4O6SSi/c1-14-19(32-20-11-8-16(15(2)28)12-18(20)24)10-9-17(13-31-35(6,7)22(3,4)5)21(14)33-34(29,30)23(25,26)27/h8-12H,13H2,1-7H3. The van der Waals surface area contributed by atoms with E-state index in [0.717, 1.165) is 6.07 Å². The van der Waals surface area contributed by atoms with E-state index in [9.17, 15) is 30.8 Å². The molecular weight excluding hydrogens is 508 g/mol. The van der Waals surface area contributed by atoms with Gasteiger partial charge in [-0.1, -0.05) is 20.8 Å². The van der Waals surface area contributed by atoms with Crippen molar-refractivity contribution in [2.24, 2.45) is 0 Å². The molecule has 0 bridgehead atoms. The molecule has 6 nitrogen and oxygen atoms in total. The lowest BCUT2D eigenvalue weighted by Crippen LogP contribution is -2.40. The van der Waals surface area contributed by atoms with Crippen molar-refractivity contribution in [1.82, 2.24) is 0 Å². The molecule has 0 radical (unpaired) electrons. The Morgan fingerprint density at radius 3 is 2.09 bits per heavy atom. The summed E-state index contributed by atoms with van der Waals surface area (Å²) in [6.07, 6.45) is 0. The van der Waals surface area contributed by atoms with Crippen LogP contribution in [0.4, 0.5) is 17.6 Å². The molecule has 0 unspecified atom stereocenters. The first-order valence-corrected chi connectivity index (χ1v) is 14.8. The van der Waals surface area contributed by atoms with Gasteiger partial charge < -0.3 is 13.3 Å². The van der Waals surface area contributed by atoms with E-state index >= 15 is 0 Å². The summed E-state index contributed by atoms with van der Waals surface area (Å²) >= 11 is 0. The molecule has 0 heterocycles. The molecule has 0 aliphatic heterocycles. The first-order chi connectivity index (χ1) is 15.8. The average Bonchev–Trinajstić information content (AvgIpc) is 2.69. The summed E-state index contributed by atoms with van der Waals surface area (Å²) in [7, 11) is -8.36. The highest BCUT2D eigenvalue weighted by Gasteiger charge is 2.49. The fourth-order valence-corrected chi connectivity index (χ4v) is 4.12. The number of alkyl halides is 3. The summed E-state index contributed by atoms with van der Waals surface area (Å²) in [4.78, 5) is 11.4. The molecule has 35 heavy (non-hydrogen) atoms. The Kier molecular flexibility index (Phi) is 8.14. The number of hydrogen-bond donors (Lipinski definition) is 0. The molecule has 0 saturated heterocycles.